The number of aromatic nitrogens is 3. The fourth-order valence-electron chi connectivity index (χ4n) is 2.49. The Morgan fingerprint density at radius 2 is 1.86 bits per heavy atom. The number of hydrogen-bond donors (Lipinski definition) is 0. The number of fused-ring (bicyclic) bond motifs is 1. The Kier molecular flexibility index (Phi) is 4.50. The summed E-state index contributed by atoms with van der Waals surface area (Å²) in [5, 5.41) is 1.16. The summed E-state index contributed by atoms with van der Waals surface area (Å²) in [5.74, 6) is 7.24. The minimum Gasteiger partial charge on any atom is -0.271 e. The molecule has 0 amide bonds. The van der Waals surface area contributed by atoms with Crippen molar-refractivity contribution in [2.45, 2.75) is 32.6 Å². The van der Waals surface area contributed by atoms with Gasteiger partial charge in [-0.05, 0) is 30.5 Å². The predicted molar refractivity (Wildman–Crippen MR) is 89.9 cm³/mol. The zero-order valence-corrected chi connectivity index (χ0v) is 12.8. The quantitative estimate of drug-likeness (QED) is 0.528. The van der Waals surface area contributed by atoms with Gasteiger partial charge in [0.05, 0.1) is 5.52 Å². The molecule has 2 heterocycles. The van der Waals surface area contributed by atoms with Gasteiger partial charge in [-0.3, -0.25) is 4.57 Å². The second-order valence-electron chi connectivity index (χ2n) is 5.23. The van der Waals surface area contributed by atoms with Crippen LogP contribution in [0.2, 0.25) is 0 Å². The zero-order valence-electron chi connectivity index (χ0n) is 12.8. The smallest absolute Gasteiger partial charge is 0.235 e. The van der Waals surface area contributed by atoms with Crippen LogP contribution < -0.4 is 0 Å². The van der Waals surface area contributed by atoms with Crippen LogP contribution in [0.4, 0.5) is 0 Å². The third-order valence-corrected chi connectivity index (χ3v) is 3.58. The van der Waals surface area contributed by atoms with Gasteiger partial charge < -0.3 is 0 Å². The fraction of sp³-hybridized carbons (Fsp3) is 0.263. The lowest BCUT2D eigenvalue weighted by Gasteiger charge is -2.04. The SMILES string of the molecule is CCCCCC#Cc1cc2ccccc2n1-c1ncccn1. The van der Waals surface area contributed by atoms with Crippen LogP contribution in [-0.2, 0) is 0 Å². The number of rotatable bonds is 4. The predicted octanol–water partition coefficient (Wildman–Crippen LogP) is 4.35. The molecule has 0 N–H and O–H groups in total. The lowest BCUT2D eigenvalue weighted by molar-refractivity contribution is 0.737. The van der Waals surface area contributed by atoms with Gasteiger partial charge in [0.2, 0.25) is 5.95 Å². The van der Waals surface area contributed by atoms with E-state index < -0.39 is 0 Å². The second kappa shape index (κ2) is 6.91. The monoisotopic (exact) mass is 289 g/mol. The van der Waals surface area contributed by atoms with Crippen molar-refractivity contribution in [3.63, 3.8) is 0 Å². The largest absolute Gasteiger partial charge is 0.271 e. The number of unbranched alkanes of at least 4 members (excludes halogenated alkanes) is 3. The van der Waals surface area contributed by atoms with Gasteiger partial charge in [0, 0.05) is 24.2 Å². The van der Waals surface area contributed by atoms with Crippen LogP contribution in [0.5, 0.6) is 0 Å². The summed E-state index contributed by atoms with van der Waals surface area (Å²) >= 11 is 0. The summed E-state index contributed by atoms with van der Waals surface area (Å²) in [6, 6.07) is 12.2. The van der Waals surface area contributed by atoms with Crippen LogP contribution in [0.1, 0.15) is 38.3 Å². The molecular formula is C19H19N3. The third kappa shape index (κ3) is 3.01. The van der Waals surface area contributed by atoms with E-state index in [0.29, 0.717) is 5.95 Å². The molecule has 0 saturated carbocycles. The molecule has 0 spiro atoms. The maximum absolute atomic E-state index is 4.37. The normalized spacial score (nSPS) is 10.4. The Morgan fingerprint density at radius 1 is 1.05 bits per heavy atom. The van der Waals surface area contributed by atoms with Gasteiger partial charge >= 0.3 is 0 Å². The van der Waals surface area contributed by atoms with E-state index in [0.717, 1.165) is 29.4 Å². The fourth-order valence-corrected chi connectivity index (χ4v) is 2.49. The highest BCUT2D eigenvalue weighted by Gasteiger charge is 2.10. The second-order valence-corrected chi connectivity index (χ2v) is 5.23. The Morgan fingerprint density at radius 3 is 2.68 bits per heavy atom. The van der Waals surface area contributed by atoms with Crippen molar-refractivity contribution in [1.29, 1.82) is 0 Å². The molecule has 0 aliphatic rings. The number of hydrogen-bond acceptors (Lipinski definition) is 2. The first kappa shape index (κ1) is 14.3. The lowest BCUT2D eigenvalue weighted by atomic mass is 10.2. The highest BCUT2D eigenvalue weighted by molar-refractivity contribution is 5.83. The van der Waals surface area contributed by atoms with Crippen molar-refractivity contribution in [2.75, 3.05) is 0 Å². The average molecular weight is 289 g/mol. The minimum atomic E-state index is 0.668. The molecule has 1 aromatic carbocycles. The summed E-state index contributed by atoms with van der Waals surface area (Å²) in [6.07, 6.45) is 8.07. The molecule has 3 rings (SSSR count). The summed E-state index contributed by atoms with van der Waals surface area (Å²) in [5.41, 5.74) is 2.04. The molecule has 3 aromatic rings. The van der Waals surface area contributed by atoms with E-state index in [2.05, 4.69) is 46.9 Å². The summed E-state index contributed by atoms with van der Waals surface area (Å²) in [7, 11) is 0. The van der Waals surface area contributed by atoms with Crippen LogP contribution in [0.3, 0.4) is 0 Å². The van der Waals surface area contributed by atoms with E-state index in [1.165, 1.54) is 12.8 Å². The first-order valence-electron chi connectivity index (χ1n) is 7.77. The molecule has 0 radical (unpaired) electrons. The molecule has 0 aliphatic heterocycles. The van der Waals surface area contributed by atoms with Crippen LogP contribution in [0, 0.1) is 11.8 Å². The van der Waals surface area contributed by atoms with E-state index >= 15 is 0 Å². The van der Waals surface area contributed by atoms with E-state index in [1.807, 2.05) is 22.8 Å². The summed E-state index contributed by atoms with van der Waals surface area (Å²) in [6.45, 7) is 2.21. The Labute approximate surface area is 131 Å². The molecule has 2 aromatic heterocycles. The summed E-state index contributed by atoms with van der Waals surface area (Å²) < 4.78 is 2.03. The van der Waals surface area contributed by atoms with Gasteiger partial charge in [-0.15, -0.1) is 0 Å². The maximum Gasteiger partial charge on any atom is 0.235 e. The molecular weight excluding hydrogens is 270 g/mol. The molecule has 3 heteroatoms. The van der Waals surface area contributed by atoms with Crippen molar-refractivity contribution in [2.24, 2.45) is 0 Å². The molecule has 0 fully saturated rings. The van der Waals surface area contributed by atoms with Gasteiger partial charge in [-0.25, -0.2) is 9.97 Å². The molecule has 0 bridgehead atoms. The standard InChI is InChI=1S/C19H19N3/c1-2-3-4-5-6-11-17-15-16-10-7-8-12-18(16)22(17)19-20-13-9-14-21-19/h7-10,12-15H,2-5H2,1H3. The van der Waals surface area contributed by atoms with Gasteiger partial charge in [0.1, 0.15) is 5.69 Å². The highest BCUT2D eigenvalue weighted by atomic mass is 15.1. The molecule has 0 unspecified atom stereocenters. The van der Waals surface area contributed by atoms with E-state index in [-0.39, 0.29) is 0 Å². The Bertz CT molecular complexity index is 807. The first-order chi connectivity index (χ1) is 10.9. The molecule has 22 heavy (non-hydrogen) atoms. The number of benzene rings is 1. The Balaban J connectivity index is 2.02. The van der Waals surface area contributed by atoms with Crippen LogP contribution in [-0.4, -0.2) is 14.5 Å². The van der Waals surface area contributed by atoms with Crippen LogP contribution >= 0.6 is 0 Å². The van der Waals surface area contributed by atoms with Gasteiger partial charge in [-0.1, -0.05) is 43.9 Å². The lowest BCUT2D eigenvalue weighted by Crippen LogP contribution is -2.02. The average Bonchev–Trinajstić information content (AvgIpc) is 2.93. The molecule has 0 aliphatic carbocycles. The van der Waals surface area contributed by atoms with Gasteiger partial charge in [0.25, 0.3) is 0 Å². The number of nitrogens with zero attached hydrogens (tertiary/aromatic N) is 3. The molecule has 0 saturated heterocycles. The minimum absolute atomic E-state index is 0.668. The van der Waals surface area contributed by atoms with E-state index in [1.54, 1.807) is 12.4 Å². The van der Waals surface area contributed by atoms with Crippen LogP contribution in [0.15, 0.2) is 48.8 Å². The van der Waals surface area contributed by atoms with Crippen molar-refractivity contribution in [1.82, 2.24) is 14.5 Å². The molecule has 3 nitrogen and oxygen atoms in total. The first-order valence-corrected chi connectivity index (χ1v) is 7.77. The third-order valence-electron chi connectivity index (χ3n) is 3.58. The molecule has 0 atom stereocenters. The van der Waals surface area contributed by atoms with Crippen molar-refractivity contribution in [3.8, 4) is 17.8 Å². The van der Waals surface area contributed by atoms with Crippen molar-refractivity contribution >= 4 is 10.9 Å². The maximum atomic E-state index is 4.37. The Hall–Kier alpha value is -2.60. The highest BCUT2D eigenvalue weighted by Crippen LogP contribution is 2.21. The summed E-state index contributed by atoms with van der Waals surface area (Å²) in [4.78, 5) is 8.75. The number of para-hydroxylation sites is 1. The van der Waals surface area contributed by atoms with E-state index in [9.17, 15) is 0 Å². The van der Waals surface area contributed by atoms with Gasteiger partial charge in [0.15, 0.2) is 0 Å². The van der Waals surface area contributed by atoms with E-state index in [4.69, 9.17) is 0 Å². The zero-order chi connectivity index (χ0) is 15.2. The van der Waals surface area contributed by atoms with Crippen molar-refractivity contribution < 1.29 is 0 Å². The topological polar surface area (TPSA) is 30.7 Å². The van der Waals surface area contributed by atoms with Gasteiger partial charge in [-0.2, -0.15) is 0 Å². The van der Waals surface area contributed by atoms with Crippen LogP contribution in [0.25, 0.3) is 16.9 Å². The molecule has 110 valence electrons. The van der Waals surface area contributed by atoms with Crippen molar-refractivity contribution in [3.05, 3.63) is 54.5 Å².